The van der Waals surface area contributed by atoms with Crippen molar-refractivity contribution in [1.82, 2.24) is 10.6 Å². The molecule has 3 aliphatic rings. The monoisotopic (exact) mass is 375 g/mol. The molecule has 0 amide bonds. The Kier molecular flexibility index (Phi) is 6.69. The molecular weight excluding hydrogens is 342 g/mol. The fraction of sp³-hybridized carbons (Fsp3) is 0.762. The van der Waals surface area contributed by atoms with Crippen molar-refractivity contribution in [2.45, 2.75) is 57.1 Å². The zero-order valence-corrected chi connectivity index (χ0v) is 16.2. The van der Waals surface area contributed by atoms with E-state index in [9.17, 15) is 0 Å². The van der Waals surface area contributed by atoms with E-state index in [2.05, 4.69) is 10.6 Å². The fourth-order valence-corrected chi connectivity index (χ4v) is 4.66. The van der Waals surface area contributed by atoms with Gasteiger partial charge in [0.15, 0.2) is 5.96 Å². The van der Waals surface area contributed by atoms with Gasteiger partial charge in [0.25, 0.3) is 0 Å². The van der Waals surface area contributed by atoms with Gasteiger partial charge in [-0.25, -0.2) is 0 Å². The largest absolute Gasteiger partial charge is 0.469 e. The second-order valence-electron chi connectivity index (χ2n) is 8.12. The average molecular weight is 376 g/mol. The molecule has 2 aliphatic carbocycles. The van der Waals surface area contributed by atoms with Crippen LogP contribution in [-0.4, -0.2) is 51.0 Å². The van der Waals surface area contributed by atoms with E-state index >= 15 is 0 Å². The van der Waals surface area contributed by atoms with E-state index in [1.807, 2.05) is 12.1 Å². The van der Waals surface area contributed by atoms with Crippen molar-refractivity contribution in [3.63, 3.8) is 0 Å². The summed E-state index contributed by atoms with van der Waals surface area (Å²) in [5.41, 5.74) is 0. The lowest BCUT2D eigenvalue weighted by Crippen LogP contribution is -2.46. The zero-order valence-electron chi connectivity index (χ0n) is 16.2. The van der Waals surface area contributed by atoms with Crippen LogP contribution in [0.2, 0.25) is 0 Å². The first-order valence-electron chi connectivity index (χ1n) is 10.6. The molecule has 1 aliphatic heterocycles. The number of guanidine groups is 1. The molecule has 2 bridgehead atoms. The minimum Gasteiger partial charge on any atom is -0.469 e. The van der Waals surface area contributed by atoms with Crippen LogP contribution in [0.5, 0.6) is 0 Å². The van der Waals surface area contributed by atoms with Crippen molar-refractivity contribution in [3.05, 3.63) is 24.2 Å². The van der Waals surface area contributed by atoms with E-state index in [-0.39, 0.29) is 6.10 Å². The van der Waals surface area contributed by atoms with Gasteiger partial charge in [-0.1, -0.05) is 6.42 Å². The molecule has 4 atom stereocenters. The second kappa shape index (κ2) is 9.60. The molecular formula is C21H33N3O3. The number of hydrogen-bond donors (Lipinski definition) is 2. The van der Waals surface area contributed by atoms with E-state index in [0.717, 1.165) is 75.7 Å². The van der Waals surface area contributed by atoms with Crippen LogP contribution in [0.15, 0.2) is 27.8 Å². The van der Waals surface area contributed by atoms with Gasteiger partial charge in [0.2, 0.25) is 0 Å². The quantitative estimate of drug-likeness (QED) is 0.395. The zero-order chi connectivity index (χ0) is 18.3. The number of nitrogens with zero attached hydrogens (tertiary/aromatic N) is 1. The minimum absolute atomic E-state index is 0.284. The number of ether oxygens (including phenoxy) is 2. The summed E-state index contributed by atoms with van der Waals surface area (Å²) in [6, 6.07) is 4.55. The van der Waals surface area contributed by atoms with Gasteiger partial charge in [0.1, 0.15) is 5.76 Å². The molecule has 2 saturated carbocycles. The Morgan fingerprint density at radius 1 is 1.26 bits per heavy atom. The SMILES string of the molecule is c1coc(CCNC(=NCCCOC2CCOC2)NC2CC3CCC2C3)c1. The van der Waals surface area contributed by atoms with E-state index in [1.165, 1.54) is 25.7 Å². The van der Waals surface area contributed by atoms with Crippen LogP contribution in [0.4, 0.5) is 0 Å². The molecule has 0 radical (unpaired) electrons. The van der Waals surface area contributed by atoms with Crippen molar-refractivity contribution < 1.29 is 13.9 Å². The lowest BCUT2D eigenvalue weighted by molar-refractivity contribution is 0.0424. The van der Waals surface area contributed by atoms with Crippen LogP contribution >= 0.6 is 0 Å². The highest BCUT2D eigenvalue weighted by Gasteiger charge is 2.39. The maximum atomic E-state index is 5.84. The Morgan fingerprint density at radius 2 is 2.26 bits per heavy atom. The average Bonchev–Trinajstić information content (AvgIpc) is 3.46. The smallest absolute Gasteiger partial charge is 0.191 e. The number of rotatable bonds is 9. The first-order chi connectivity index (χ1) is 13.4. The lowest BCUT2D eigenvalue weighted by Gasteiger charge is -2.25. The first-order valence-corrected chi connectivity index (χ1v) is 10.6. The Bertz CT molecular complexity index is 584. The number of nitrogens with one attached hydrogen (secondary N) is 2. The molecule has 27 heavy (non-hydrogen) atoms. The van der Waals surface area contributed by atoms with Crippen LogP contribution in [0.1, 0.15) is 44.3 Å². The predicted octanol–water partition coefficient (Wildman–Crippen LogP) is 2.74. The van der Waals surface area contributed by atoms with E-state index in [0.29, 0.717) is 6.04 Å². The van der Waals surface area contributed by atoms with Crippen LogP contribution in [-0.2, 0) is 15.9 Å². The van der Waals surface area contributed by atoms with Crippen molar-refractivity contribution in [1.29, 1.82) is 0 Å². The minimum atomic E-state index is 0.284. The van der Waals surface area contributed by atoms with Crippen LogP contribution in [0, 0.1) is 11.8 Å². The molecule has 2 heterocycles. The summed E-state index contributed by atoms with van der Waals surface area (Å²) in [5, 5.41) is 7.20. The van der Waals surface area contributed by atoms with Gasteiger partial charge in [-0.2, -0.15) is 0 Å². The highest BCUT2D eigenvalue weighted by atomic mass is 16.5. The van der Waals surface area contributed by atoms with Crippen LogP contribution < -0.4 is 10.6 Å². The van der Waals surface area contributed by atoms with Gasteiger partial charge in [-0.3, -0.25) is 4.99 Å². The second-order valence-corrected chi connectivity index (χ2v) is 8.12. The maximum absolute atomic E-state index is 5.84. The number of hydrogen-bond acceptors (Lipinski definition) is 4. The number of aliphatic imine (C=N–C) groups is 1. The van der Waals surface area contributed by atoms with Crippen LogP contribution in [0.25, 0.3) is 0 Å². The normalized spacial score (nSPS) is 30.1. The fourth-order valence-electron chi connectivity index (χ4n) is 4.66. The third-order valence-corrected chi connectivity index (χ3v) is 6.12. The van der Waals surface area contributed by atoms with Gasteiger partial charge in [-0.15, -0.1) is 0 Å². The topological polar surface area (TPSA) is 68.0 Å². The molecule has 0 aromatic carbocycles. The molecule has 2 N–H and O–H groups in total. The van der Waals surface area contributed by atoms with Gasteiger partial charge in [0.05, 0.1) is 19.0 Å². The highest BCUT2D eigenvalue weighted by Crippen LogP contribution is 2.44. The van der Waals surface area contributed by atoms with Crippen LogP contribution in [0.3, 0.4) is 0 Å². The Hall–Kier alpha value is -1.53. The summed E-state index contributed by atoms with van der Waals surface area (Å²) in [7, 11) is 0. The lowest BCUT2D eigenvalue weighted by atomic mass is 9.95. The highest BCUT2D eigenvalue weighted by molar-refractivity contribution is 5.80. The summed E-state index contributed by atoms with van der Waals surface area (Å²) in [6.45, 7) is 3.94. The predicted molar refractivity (Wildman–Crippen MR) is 105 cm³/mol. The Morgan fingerprint density at radius 3 is 3.00 bits per heavy atom. The maximum Gasteiger partial charge on any atom is 0.191 e. The molecule has 150 valence electrons. The molecule has 4 rings (SSSR count). The van der Waals surface area contributed by atoms with Crippen molar-refractivity contribution in [2.75, 3.05) is 32.9 Å². The molecule has 4 unspecified atom stereocenters. The van der Waals surface area contributed by atoms with Crippen molar-refractivity contribution in [2.24, 2.45) is 16.8 Å². The van der Waals surface area contributed by atoms with Crippen molar-refractivity contribution in [3.8, 4) is 0 Å². The summed E-state index contributed by atoms with van der Waals surface area (Å²) >= 11 is 0. The molecule has 6 nitrogen and oxygen atoms in total. The number of furan rings is 1. The Balaban J connectivity index is 1.22. The summed E-state index contributed by atoms with van der Waals surface area (Å²) in [5.74, 6) is 3.72. The molecule has 3 fully saturated rings. The first kappa shape index (κ1) is 18.8. The summed E-state index contributed by atoms with van der Waals surface area (Å²) < 4.78 is 16.6. The molecule has 0 spiro atoms. The van der Waals surface area contributed by atoms with E-state index in [4.69, 9.17) is 18.9 Å². The molecule has 1 aromatic rings. The molecule has 1 saturated heterocycles. The van der Waals surface area contributed by atoms with Crippen molar-refractivity contribution >= 4 is 5.96 Å². The van der Waals surface area contributed by atoms with Gasteiger partial charge >= 0.3 is 0 Å². The van der Waals surface area contributed by atoms with E-state index in [1.54, 1.807) is 6.26 Å². The third-order valence-electron chi connectivity index (χ3n) is 6.12. The standard InChI is InChI=1S/C21H33N3O3/c1-3-18(26-10-1)6-9-23-21(24-20-14-16-4-5-17(20)13-16)22-8-2-11-27-19-7-12-25-15-19/h1,3,10,16-17,19-20H,2,4-9,11-15H2,(H2,22,23,24). The van der Waals surface area contributed by atoms with Gasteiger partial charge in [0, 0.05) is 38.8 Å². The van der Waals surface area contributed by atoms with Gasteiger partial charge < -0.3 is 24.5 Å². The molecule has 6 heteroatoms. The van der Waals surface area contributed by atoms with E-state index < -0.39 is 0 Å². The molecule has 1 aromatic heterocycles. The third kappa shape index (κ3) is 5.48. The van der Waals surface area contributed by atoms with Gasteiger partial charge in [-0.05, 0) is 56.1 Å². The Labute approximate surface area is 162 Å². The summed E-state index contributed by atoms with van der Waals surface area (Å²) in [6.07, 6.45) is 10.3. The summed E-state index contributed by atoms with van der Waals surface area (Å²) in [4.78, 5) is 4.81. The number of fused-ring (bicyclic) bond motifs is 2.